The Hall–Kier alpha value is -1.58. The smallest absolute Gasteiger partial charge is 0.246 e. The van der Waals surface area contributed by atoms with Gasteiger partial charge in [0, 0.05) is 25.7 Å². The highest BCUT2D eigenvalue weighted by atomic mass is 32.2. The molecule has 1 atom stereocenters. The number of halogens is 2. The highest BCUT2D eigenvalue weighted by molar-refractivity contribution is 7.89. The SMILES string of the molecule is NC(=O)C1CNCCN1S(=O)(=O)c1ccc(F)cc1F. The van der Waals surface area contributed by atoms with E-state index in [-0.39, 0.29) is 13.1 Å². The van der Waals surface area contributed by atoms with E-state index in [1.54, 1.807) is 0 Å². The van der Waals surface area contributed by atoms with Crippen molar-refractivity contribution >= 4 is 15.9 Å². The Morgan fingerprint density at radius 1 is 1.40 bits per heavy atom. The highest BCUT2D eigenvalue weighted by Crippen LogP contribution is 2.22. The number of benzene rings is 1. The summed E-state index contributed by atoms with van der Waals surface area (Å²) in [5, 5.41) is 2.83. The van der Waals surface area contributed by atoms with Gasteiger partial charge in [0.2, 0.25) is 15.9 Å². The van der Waals surface area contributed by atoms with Crippen LogP contribution in [0.25, 0.3) is 0 Å². The molecule has 0 saturated carbocycles. The van der Waals surface area contributed by atoms with Gasteiger partial charge in [-0.2, -0.15) is 4.31 Å². The molecule has 0 aromatic heterocycles. The van der Waals surface area contributed by atoms with Gasteiger partial charge >= 0.3 is 0 Å². The summed E-state index contributed by atoms with van der Waals surface area (Å²) < 4.78 is 52.1. The van der Waals surface area contributed by atoms with Crippen LogP contribution in [-0.2, 0) is 14.8 Å². The minimum absolute atomic E-state index is 0.0211. The minimum Gasteiger partial charge on any atom is -0.368 e. The first kappa shape index (κ1) is 14.8. The molecule has 1 fully saturated rings. The lowest BCUT2D eigenvalue weighted by molar-refractivity contribution is -0.122. The van der Waals surface area contributed by atoms with Gasteiger partial charge in [-0.3, -0.25) is 4.79 Å². The number of nitrogens with zero attached hydrogens (tertiary/aromatic N) is 1. The van der Waals surface area contributed by atoms with E-state index >= 15 is 0 Å². The van der Waals surface area contributed by atoms with Crippen LogP contribution >= 0.6 is 0 Å². The molecule has 0 bridgehead atoms. The maximum absolute atomic E-state index is 13.7. The molecule has 0 radical (unpaired) electrons. The third-order valence-electron chi connectivity index (χ3n) is 3.00. The third-order valence-corrected chi connectivity index (χ3v) is 4.94. The predicted molar refractivity (Wildman–Crippen MR) is 66.1 cm³/mol. The second-order valence-electron chi connectivity index (χ2n) is 4.31. The number of piperazine rings is 1. The van der Waals surface area contributed by atoms with Crippen LogP contribution in [0.2, 0.25) is 0 Å². The molecule has 9 heteroatoms. The summed E-state index contributed by atoms with van der Waals surface area (Å²) in [6.45, 7) is 0.343. The molecule has 1 saturated heterocycles. The number of nitrogens with one attached hydrogen (secondary N) is 1. The van der Waals surface area contributed by atoms with Crippen molar-refractivity contribution in [3.8, 4) is 0 Å². The van der Waals surface area contributed by atoms with Crippen LogP contribution in [0.1, 0.15) is 0 Å². The van der Waals surface area contributed by atoms with Crippen molar-refractivity contribution in [1.82, 2.24) is 9.62 Å². The van der Waals surface area contributed by atoms with Crippen LogP contribution < -0.4 is 11.1 Å². The molecular weight excluding hydrogens is 292 g/mol. The molecule has 1 aromatic carbocycles. The Morgan fingerprint density at radius 3 is 2.70 bits per heavy atom. The number of hydrogen-bond acceptors (Lipinski definition) is 4. The van der Waals surface area contributed by atoms with Gasteiger partial charge in [-0.15, -0.1) is 0 Å². The molecule has 20 heavy (non-hydrogen) atoms. The Bertz CT molecular complexity index is 636. The summed E-state index contributed by atoms with van der Waals surface area (Å²) in [7, 11) is -4.25. The van der Waals surface area contributed by atoms with E-state index < -0.39 is 38.5 Å². The summed E-state index contributed by atoms with van der Waals surface area (Å²) in [6.07, 6.45) is 0. The van der Waals surface area contributed by atoms with Gasteiger partial charge in [-0.25, -0.2) is 17.2 Å². The van der Waals surface area contributed by atoms with Gasteiger partial charge in [0.05, 0.1) is 0 Å². The monoisotopic (exact) mass is 305 g/mol. The van der Waals surface area contributed by atoms with Crippen LogP contribution in [0, 0.1) is 11.6 Å². The molecule has 0 aliphatic carbocycles. The zero-order chi connectivity index (χ0) is 14.9. The Morgan fingerprint density at radius 2 is 2.10 bits per heavy atom. The van der Waals surface area contributed by atoms with Crippen LogP contribution in [0.3, 0.4) is 0 Å². The first-order chi connectivity index (χ1) is 9.34. The lowest BCUT2D eigenvalue weighted by Gasteiger charge is -2.33. The summed E-state index contributed by atoms with van der Waals surface area (Å²) in [4.78, 5) is 10.6. The van der Waals surface area contributed by atoms with Gasteiger partial charge in [-0.05, 0) is 12.1 Å². The van der Waals surface area contributed by atoms with E-state index in [9.17, 15) is 22.0 Å². The molecule has 1 unspecified atom stereocenters. The molecule has 110 valence electrons. The van der Waals surface area contributed by atoms with E-state index in [0.29, 0.717) is 12.6 Å². The van der Waals surface area contributed by atoms with Crippen LogP contribution in [0.5, 0.6) is 0 Å². The number of hydrogen-bond donors (Lipinski definition) is 2. The van der Waals surface area contributed by atoms with Crippen molar-refractivity contribution in [2.75, 3.05) is 19.6 Å². The van der Waals surface area contributed by atoms with Crippen molar-refractivity contribution in [2.45, 2.75) is 10.9 Å². The van der Waals surface area contributed by atoms with Crippen molar-refractivity contribution in [1.29, 1.82) is 0 Å². The number of amides is 1. The quantitative estimate of drug-likeness (QED) is 0.781. The maximum Gasteiger partial charge on any atom is 0.246 e. The van der Waals surface area contributed by atoms with E-state index in [2.05, 4.69) is 5.32 Å². The molecule has 0 spiro atoms. The van der Waals surface area contributed by atoms with Crippen molar-refractivity contribution < 1.29 is 22.0 Å². The molecule has 1 amide bonds. The van der Waals surface area contributed by atoms with Gasteiger partial charge < -0.3 is 11.1 Å². The maximum atomic E-state index is 13.7. The number of rotatable bonds is 3. The van der Waals surface area contributed by atoms with Gasteiger partial charge in [-0.1, -0.05) is 0 Å². The fourth-order valence-electron chi connectivity index (χ4n) is 2.03. The topological polar surface area (TPSA) is 92.5 Å². The molecule has 2 rings (SSSR count). The highest BCUT2D eigenvalue weighted by Gasteiger charge is 2.37. The van der Waals surface area contributed by atoms with Crippen molar-refractivity contribution in [2.24, 2.45) is 5.73 Å². The first-order valence-electron chi connectivity index (χ1n) is 5.81. The van der Waals surface area contributed by atoms with Gasteiger partial charge in [0.25, 0.3) is 0 Å². The largest absolute Gasteiger partial charge is 0.368 e. The number of carbonyl (C=O) groups is 1. The van der Waals surface area contributed by atoms with Crippen molar-refractivity contribution in [3.05, 3.63) is 29.8 Å². The number of nitrogens with two attached hydrogens (primary N) is 1. The third kappa shape index (κ3) is 2.65. The minimum atomic E-state index is -4.25. The summed E-state index contributed by atoms with van der Waals surface area (Å²) in [5.41, 5.74) is 5.16. The molecule has 1 aliphatic rings. The molecule has 6 nitrogen and oxygen atoms in total. The molecular formula is C11H13F2N3O3S. The Kier molecular flexibility index (Phi) is 4.02. The number of carbonyl (C=O) groups excluding carboxylic acids is 1. The van der Waals surface area contributed by atoms with Crippen LogP contribution in [0.15, 0.2) is 23.1 Å². The fraction of sp³-hybridized carbons (Fsp3) is 0.364. The molecule has 1 heterocycles. The summed E-state index contributed by atoms with van der Waals surface area (Å²) >= 11 is 0. The Labute approximate surface area is 114 Å². The second-order valence-corrected chi connectivity index (χ2v) is 6.17. The van der Waals surface area contributed by atoms with Gasteiger partial charge in [0.15, 0.2) is 0 Å². The number of primary amides is 1. The van der Waals surface area contributed by atoms with Crippen LogP contribution in [-0.4, -0.2) is 44.3 Å². The van der Waals surface area contributed by atoms with Crippen LogP contribution in [0.4, 0.5) is 8.78 Å². The lowest BCUT2D eigenvalue weighted by Crippen LogP contribution is -2.58. The van der Waals surface area contributed by atoms with E-state index in [0.717, 1.165) is 16.4 Å². The number of sulfonamides is 1. The standard InChI is InChI=1S/C11H13F2N3O3S/c12-7-1-2-10(8(13)5-7)20(18,19)16-4-3-15-6-9(16)11(14)17/h1-2,5,9,15H,3-4,6H2,(H2,14,17). The normalized spacial score (nSPS) is 20.8. The summed E-state index contributed by atoms with van der Waals surface area (Å²) in [5.74, 6) is -2.91. The van der Waals surface area contributed by atoms with E-state index in [1.165, 1.54) is 0 Å². The Balaban J connectivity index is 2.45. The summed E-state index contributed by atoms with van der Waals surface area (Å²) in [6, 6.07) is 1.06. The molecule has 1 aliphatic heterocycles. The van der Waals surface area contributed by atoms with Gasteiger partial charge in [0.1, 0.15) is 22.6 Å². The predicted octanol–water partition coefficient (Wildman–Crippen LogP) is -0.587. The average Bonchev–Trinajstić information content (AvgIpc) is 2.38. The van der Waals surface area contributed by atoms with E-state index in [1.807, 2.05) is 0 Å². The fourth-order valence-corrected chi connectivity index (χ4v) is 3.67. The molecule has 1 aromatic rings. The first-order valence-corrected chi connectivity index (χ1v) is 7.25. The van der Waals surface area contributed by atoms with Crippen molar-refractivity contribution in [3.63, 3.8) is 0 Å². The molecule has 3 N–H and O–H groups in total. The second kappa shape index (κ2) is 5.43. The average molecular weight is 305 g/mol. The lowest BCUT2D eigenvalue weighted by atomic mass is 10.2. The van der Waals surface area contributed by atoms with E-state index in [4.69, 9.17) is 5.73 Å². The zero-order valence-corrected chi connectivity index (χ0v) is 11.2. The zero-order valence-electron chi connectivity index (χ0n) is 10.3.